The molecule has 10 heteroatoms. The summed E-state index contributed by atoms with van der Waals surface area (Å²) in [6.45, 7) is 1.99. The molecule has 3 N–H and O–H groups in total. The maximum absolute atomic E-state index is 12.3. The number of carboxylic acids is 1. The highest BCUT2D eigenvalue weighted by molar-refractivity contribution is 5.95. The van der Waals surface area contributed by atoms with Crippen LogP contribution in [0.5, 0.6) is 11.5 Å². The number of amides is 1. The molecular formula is C21H25N3O7. The van der Waals surface area contributed by atoms with Crippen LogP contribution >= 0.6 is 0 Å². The van der Waals surface area contributed by atoms with Gasteiger partial charge in [0.2, 0.25) is 5.91 Å². The Morgan fingerprint density at radius 1 is 1.13 bits per heavy atom. The van der Waals surface area contributed by atoms with Gasteiger partial charge in [0, 0.05) is 6.07 Å². The highest BCUT2D eigenvalue weighted by Gasteiger charge is 2.23. The minimum Gasteiger partial charge on any atom is -0.493 e. The second-order valence-electron chi connectivity index (χ2n) is 6.81. The first-order valence-corrected chi connectivity index (χ1v) is 9.47. The first kappa shape index (κ1) is 23.6. The standard InChI is InChI=1S/C21H25N3O7/c1-13-4-6-15(17(10-13)24(28)29)23-20(25)12-16(21(26)27)22-9-8-14-5-7-18(30-2)19(11-14)31-3/h4-7,10-11,16,22H,8-9,12H2,1-3H3,(H,23,25)(H,26,27). The van der Waals surface area contributed by atoms with Gasteiger partial charge in [0.15, 0.2) is 11.5 Å². The molecule has 0 aliphatic heterocycles. The first-order valence-electron chi connectivity index (χ1n) is 9.47. The number of nitro groups is 1. The summed E-state index contributed by atoms with van der Waals surface area (Å²) in [6.07, 6.45) is 0.113. The minimum atomic E-state index is -1.19. The summed E-state index contributed by atoms with van der Waals surface area (Å²) in [5.74, 6) is -0.683. The summed E-state index contributed by atoms with van der Waals surface area (Å²) in [5.41, 5.74) is 1.34. The molecule has 1 amide bonds. The summed E-state index contributed by atoms with van der Waals surface area (Å²) in [4.78, 5) is 34.4. The number of carbonyl (C=O) groups excluding carboxylic acids is 1. The van der Waals surface area contributed by atoms with E-state index in [-0.39, 0.29) is 17.8 Å². The van der Waals surface area contributed by atoms with Gasteiger partial charge in [-0.1, -0.05) is 12.1 Å². The van der Waals surface area contributed by atoms with Gasteiger partial charge in [-0.2, -0.15) is 0 Å². The van der Waals surface area contributed by atoms with Gasteiger partial charge in [-0.25, -0.2) is 0 Å². The Bertz CT molecular complexity index is 962. The van der Waals surface area contributed by atoms with Crippen LogP contribution in [0.25, 0.3) is 0 Å². The number of methoxy groups -OCH3 is 2. The van der Waals surface area contributed by atoms with Crippen molar-refractivity contribution in [2.24, 2.45) is 0 Å². The van der Waals surface area contributed by atoms with Crippen LogP contribution in [0, 0.1) is 17.0 Å². The van der Waals surface area contributed by atoms with Crippen molar-refractivity contribution in [1.82, 2.24) is 5.32 Å². The molecule has 166 valence electrons. The third-order valence-electron chi connectivity index (χ3n) is 4.56. The van der Waals surface area contributed by atoms with E-state index in [0.29, 0.717) is 30.0 Å². The van der Waals surface area contributed by atoms with E-state index >= 15 is 0 Å². The van der Waals surface area contributed by atoms with E-state index in [2.05, 4.69) is 10.6 Å². The lowest BCUT2D eigenvalue weighted by atomic mass is 10.1. The molecule has 2 aromatic carbocycles. The SMILES string of the molecule is COc1ccc(CCNC(CC(=O)Nc2ccc(C)cc2[N+](=O)[O-])C(=O)O)cc1OC. The number of hydrogen-bond donors (Lipinski definition) is 3. The van der Waals surface area contributed by atoms with Crippen LogP contribution in [0.2, 0.25) is 0 Å². The van der Waals surface area contributed by atoms with Crippen LogP contribution in [0.3, 0.4) is 0 Å². The molecule has 0 saturated heterocycles. The molecule has 0 radical (unpaired) electrons. The van der Waals surface area contributed by atoms with Gasteiger partial charge in [0.25, 0.3) is 5.69 Å². The zero-order chi connectivity index (χ0) is 23.0. The molecule has 0 saturated carbocycles. The molecule has 1 atom stereocenters. The number of nitrogens with zero attached hydrogens (tertiary/aromatic N) is 1. The number of hydrogen-bond acceptors (Lipinski definition) is 7. The average Bonchev–Trinajstić information content (AvgIpc) is 2.73. The van der Waals surface area contributed by atoms with Crippen molar-refractivity contribution >= 4 is 23.3 Å². The van der Waals surface area contributed by atoms with E-state index in [4.69, 9.17) is 9.47 Å². The van der Waals surface area contributed by atoms with Gasteiger partial charge in [0.05, 0.1) is 25.6 Å². The van der Waals surface area contributed by atoms with Crippen LogP contribution in [-0.4, -0.2) is 48.7 Å². The second-order valence-corrected chi connectivity index (χ2v) is 6.81. The number of ether oxygens (including phenoxy) is 2. The van der Waals surface area contributed by atoms with E-state index in [1.54, 1.807) is 25.1 Å². The monoisotopic (exact) mass is 431 g/mol. The fraction of sp³-hybridized carbons (Fsp3) is 0.333. The van der Waals surface area contributed by atoms with Gasteiger partial charge in [-0.15, -0.1) is 0 Å². The third-order valence-corrected chi connectivity index (χ3v) is 4.56. The second kappa shape index (κ2) is 10.9. The Balaban J connectivity index is 1.97. The molecule has 2 aromatic rings. The van der Waals surface area contributed by atoms with Gasteiger partial charge >= 0.3 is 5.97 Å². The zero-order valence-corrected chi connectivity index (χ0v) is 17.5. The van der Waals surface area contributed by atoms with Crippen LogP contribution in [0.4, 0.5) is 11.4 Å². The molecule has 0 fully saturated rings. The maximum atomic E-state index is 12.3. The summed E-state index contributed by atoms with van der Waals surface area (Å²) in [7, 11) is 3.06. The summed E-state index contributed by atoms with van der Waals surface area (Å²) in [5, 5.41) is 25.9. The minimum absolute atomic E-state index is 0.0232. The molecule has 31 heavy (non-hydrogen) atoms. The van der Waals surface area contributed by atoms with Crippen LogP contribution in [0.1, 0.15) is 17.5 Å². The Hall–Kier alpha value is -3.66. The molecule has 1 unspecified atom stereocenters. The van der Waals surface area contributed by atoms with Gasteiger partial charge in [-0.05, 0) is 49.2 Å². The van der Waals surface area contributed by atoms with E-state index in [1.165, 1.54) is 26.4 Å². The molecule has 0 aliphatic rings. The molecule has 0 heterocycles. The molecule has 0 bridgehead atoms. The van der Waals surface area contributed by atoms with Crippen molar-refractivity contribution in [3.63, 3.8) is 0 Å². The highest BCUT2D eigenvalue weighted by Crippen LogP contribution is 2.28. The first-order chi connectivity index (χ1) is 14.7. The van der Waals surface area contributed by atoms with Gasteiger partial charge in [-0.3, -0.25) is 19.7 Å². The lowest BCUT2D eigenvalue weighted by molar-refractivity contribution is -0.384. The third kappa shape index (κ3) is 6.68. The zero-order valence-electron chi connectivity index (χ0n) is 17.5. The molecule has 0 spiro atoms. The van der Waals surface area contributed by atoms with Crippen molar-refractivity contribution in [2.75, 3.05) is 26.1 Å². The number of carbonyl (C=O) groups is 2. The predicted octanol–water partition coefficient (Wildman–Crippen LogP) is 2.53. The van der Waals surface area contributed by atoms with E-state index < -0.39 is 22.8 Å². The highest BCUT2D eigenvalue weighted by atomic mass is 16.6. The normalized spacial score (nSPS) is 11.5. The molecule has 0 aromatic heterocycles. The topological polar surface area (TPSA) is 140 Å². The molecule has 0 aliphatic carbocycles. The molecule has 10 nitrogen and oxygen atoms in total. The lowest BCUT2D eigenvalue weighted by Gasteiger charge is -2.15. The van der Waals surface area contributed by atoms with Crippen LogP contribution < -0.4 is 20.1 Å². The quantitative estimate of drug-likeness (QED) is 0.364. The van der Waals surface area contributed by atoms with Crippen molar-refractivity contribution in [3.05, 3.63) is 57.6 Å². The smallest absolute Gasteiger partial charge is 0.321 e. The number of benzene rings is 2. The summed E-state index contributed by atoms with van der Waals surface area (Å²) >= 11 is 0. The van der Waals surface area contributed by atoms with Gasteiger partial charge < -0.3 is 25.2 Å². The average molecular weight is 431 g/mol. The molecular weight excluding hydrogens is 406 g/mol. The number of aryl methyl sites for hydroxylation is 1. The predicted molar refractivity (Wildman–Crippen MR) is 114 cm³/mol. The summed E-state index contributed by atoms with van der Waals surface area (Å²) < 4.78 is 10.4. The number of anilines is 1. The van der Waals surface area contributed by atoms with Crippen molar-refractivity contribution in [1.29, 1.82) is 0 Å². The lowest BCUT2D eigenvalue weighted by Crippen LogP contribution is -2.40. The largest absolute Gasteiger partial charge is 0.493 e. The van der Waals surface area contributed by atoms with Crippen molar-refractivity contribution < 1.29 is 29.1 Å². The van der Waals surface area contributed by atoms with E-state index in [0.717, 1.165) is 5.56 Å². The number of aliphatic carboxylic acids is 1. The maximum Gasteiger partial charge on any atom is 0.321 e. The number of carboxylic acid groups (broad SMARTS) is 1. The Morgan fingerprint density at radius 2 is 1.84 bits per heavy atom. The fourth-order valence-corrected chi connectivity index (χ4v) is 2.96. The molecule has 2 rings (SSSR count). The number of rotatable bonds is 11. The Labute approximate surface area is 179 Å². The van der Waals surface area contributed by atoms with Gasteiger partial charge in [0.1, 0.15) is 11.7 Å². The van der Waals surface area contributed by atoms with Crippen LogP contribution in [0.15, 0.2) is 36.4 Å². The fourth-order valence-electron chi connectivity index (χ4n) is 2.96. The van der Waals surface area contributed by atoms with Crippen molar-refractivity contribution in [2.45, 2.75) is 25.8 Å². The Kier molecular flexibility index (Phi) is 8.33. The number of nitrogens with one attached hydrogen (secondary N) is 2. The van der Waals surface area contributed by atoms with E-state index in [1.807, 2.05) is 6.07 Å². The summed E-state index contributed by atoms with van der Waals surface area (Å²) in [6, 6.07) is 8.62. The van der Waals surface area contributed by atoms with Crippen LogP contribution in [-0.2, 0) is 16.0 Å². The van der Waals surface area contributed by atoms with Crippen molar-refractivity contribution in [3.8, 4) is 11.5 Å². The Morgan fingerprint density at radius 3 is 2.45 bits per heavy atom. The number of nitro benzene ring substituents is 1. The van der Waals surface area contributed by atoms with E-state index in [9.17, 15) is 24.8 Å².